The van der Waals surface area contributed by atoms with Crippen LogP contribution in [0.1, 0.15) is 6.42 Å². The van der Waals surface area contributed by atoms with E-state index >= 15 is 0 Å². The van der Waals surface area contributed by atoms with Gasteiger partial charge in [-0.2, -0.15) is 19.9 Å². The number of pyridine rings is 1. The van der Waals surface area contributed by atoms with Gasteiger partial charge in [-0.25, -0.2) is 4.98 Å². The van der Waals surface area contributed by atoms with E-state index in [1.807, 2.05) is 43.4 Å². The zero-order chi connectivity index (χ0) is 22.8. The minimum Gasteiger partial charge on any atom is -0.473 e. The smallest absolute Gasteiger partial charge is 0.259 e. The van der Waals surface area contributed by atoms with Crippen molar-refractivity contribution < 1.29 is 9.26 Å². The number of nitrogen functional groups attached to an aromatic ring is 1. The Kier molecular flexibility index (Phi) is 5.53. The number of para-hydroxylation sites is 1. The fourth-order valence-corrected chi connectivity index (χ4v) is 3.57. The van der Waals surface area contributed by atoms with E-state index in [0.717, 1.165) is 25.2 Å². The first-order valence-corrected chi connectivity index (χ1v) is 10.5. The number of likely N-dealkylation sites (tertiary alicyclic amines) is 1. The zero-order valence-corrected chi connectivity index (χ0v) is 18.3. The summed E-state index contributed by atoms with van der Waals surface area (Å²) in [7, 11) is 3.92. The summed E-state index contributed by atoms with van der Waals surface area (Å²) in [5.41, 5.74) is 7.48. The first-order valence-electron chi connectivity index (χ1n) is 10.5. The molecule has 1 aliphatic rings. The van der Waals surface area contributed by atoms with Crippen LogP contribution in [0, 0.1) is 0 Å². The number of nitrogens with zero attached hydrogens (tertiary/aromatic N) is 8. The summed E-state index contributed by atoms with van der Waals surface area (Å²) >= 11 is 0. The molecule has 0 saturated carbocycles. The number of nitrogens with two attached hydrogens (primary N) is 1. The molecule has 5 rings (SSSR count). The highest BCUT2D eigenvalue weighted by molar-refractivity contribution is 5.60. The number of hydrogen-bond acceptors (Lipinski definition) is 11. The Balaban J connectivity index is 1.35. The molecule has 1 unspecified atom stereocenters. The lowest BCUT2D eigenvalue weighted by Gasteiger charge is -2.17. The second-order valence-electron chi connectivity index (χ2n) is 7.81. The lowest BCUT2D eigenvalue weighted by atomic mass is 10.3. The molecular weight excluding hydrogens is 422 g/mol. The van der Waals surface area contributed by atoms with Crippen molar-refractivity contribution in [1.82, 2.24) is 35.0 Å². The third kappa shape index (κ3) is 4.58. The second kappa shape index (κ2) is 8.79. The molecule has 1 aromatic carbocycles. The summed E-state index contributed by atoms with van der Waals surface area (Å²) in [5, 5.41) is 4.01. The van der Waals surface area contributed by atoms with Crippen LogP contribution in [0.5, 0.6) is 5.88 Å². The van der Waals surface area contributed by atoms with Gasteiger partial charge >= 0.3 is 0 Å². The Bertz CT molecular complexity index is 1230. The predicted molar refractivity (Wildman–Crippen MR) is 122 cm³/mol. The van der Waals surface area contributed by atoms with E-state index in [-0.39, 0.29) is 23.7 Å². The van der Waals surface area contributed by atoms with Crippen LogP contribution in [0.25, 0.3) is 23.1 Å². The average molecular weight is 445 g/mol. The van der Waals surface area contributed by atoms with Crippen LogP contribution in [0.3, 0.4) is 0 Å². The Hall–Kier alpha value is -4.12. The maximum Gasteiger partial charge on any atom is 0.259 e. The number of likely N-dealkylation sites (N-methyl/N-ethyl adjacent to an activating group) is 1. The van der Waals surface area contributed by atoms with E-state index in [4.69, 9.17) is 15.0 Å². The van der Waals surface area contributed by atoms with Crippen molar-refractivity contribution in [3.63, 3.8) is 0 Å². The van der Waals surface area contributed by atoms with Crippen molar-refractivity contribution in [1.29, 1.82) is 0 Å². The molecule has 4 aromatic rings. The molecule has 0 amide bonds. The fraction of sp³-hybridized carbons (Fsp3) is 0.273. The summed E-state index contributed by atoms with van der Waals surface area (Å²) in [6.45, 7) is 1.92. The molecular formula is C22H23N9O2. The minimum absolute atomic E-state index is 0.0601. The van der Waals surface area contributed by atoms with Gasteiger partial charge in [0, 0.05) is 38.1 Å². The van der Waals surface area contributed by atoms with Crippen molar-refractivity contribution in [2.24, 2.45) is 0 Å². The summed E-state index contributed by atoms with van der Waals surface area (Å²) in [6, 6.07) is 13.3. The number of aromatic nitrogens is 6. The van der Waals surface area contributed by atoms with Crippen LogP contribution in [0.2, 0.25) is 0 Å². The Labute approximate surface area is 190 Å². The third-order valence-corrected chi connectivity index (χ3v) is 5.33. The van der Waals surface area contributed by atoms with Gasteiger partial charge < -0.3 is 24.8 Å². The van der Waals surface area contributed by atoms with Gasteiger partial charge in [0.15, 0.2) is 0 Å². The molecule has 2 N–H and O–H groups in total. The monoisotopic (exact) mass is 445 g/mol. The highest BCUT2D eigenvalue weighted by atomic mass is 16.5. The summed E-state index contributed by atoms with van der Waals surface area (Å²) in [4.78, 5) is 25.7. The van der Waals surface area contributed by atoms with Crippen LogP contribution in [-0.2, 0) is 0 Å². The minimum atomic E-state index is 0.0601. The van der Waals surface area contributed by atoms with Gasteiger partial charge in [0.05, 0.1) is 5.56 Å². The zero-order valence-electron chi connectivity index (χ0n) is 18.3. The van der Waals surface area contributed by atoms with Crippen molar-refractivity contribution in [3.05, 3.63) is 48.7 Å². The predicted octanol–water partition coefficient (Wildman–Crippen LogP) is 2.42. The lowest BCUT2D eigenvalue weighted by Crippen LogP contribution is -2.21. The number of ether oxygens (including phenoxy) is 1. The molecule has 168 valence electrons. The van der Waals surface area contributed by atoms with Gasteiger partial charge in [0.2, 0.25) is 29.4 Å². The van der Waals surface area contributed by atoms with Gasteiger partial charge in [0.25, 0.3) is 5.89 Å². The number of benzene rings is 1. The van der Waals surface area contributed by atoms with Crippen LogP contribution >= 0.6 is 0 Å². The topological polar surface area (TPSA) is 132 Å². The van der Waals surface area contributed by atoms with Crippen LogP contribution in [0.15, 0.2) is 53.2 Å². The quantitative estimate of drug-likeness (QED) is 0.469. The molecule has 1 atom stereocenters. The molecule has 11 nitrogen and oxygen atoms in total. The van der Waals surface area contributed by atoms with Crippen LogP contribution in [0.4, 0.5) is 17.6 Å². The van der Waals surface area contributed by atoms with Gasteiger partial charge in [-0.15, -0.1) is 0 Å². The standard InChI is InChI=1S/C22H23N9O2/c1-30-11-10-16(13-30)32-17-9-8-14(12-24-17)20-25-19(29-33-20)18-26-21(23)28-22(27-18)31(2)15-6-4-3-5-7-15/h3-9,12,16H,10-11,13H2,1-2H3,(H2,23,26,27,28). The van der Waals surface area contributed by atoms with E-state index in [2.05, 4.69) is 42.0 Å². The highest BCUT2D eigenvalue weighted by Crippen LogP contribution is 2.25. The van der Waals surface area contributed by atoms with Gasteiger partial charge in [-0.05, 0) is 31.7 Å². The Morgan fingerprint density at radius 3 is 2.64 bits per heavy atom. The Morgan fingerprint density at radius 1 is 1.06 bits per heavy atom. The highest BCUT2D eigenvalue weighted by Gasteiger charge is 2.22. The molecule has 1 aliphatic heterocycles. The molecule has 0 bridgehead atoms. The molecule has 11 heteroatoms. The lowest BCUT2D eigenvalue weighted by molar-refractivity contribution is 0.200. The average Bonchev–Trinajstić information content (AvgIpc) is 3.49. The molecule has 4 heterocycles. The molecule has 1 fully saturated rings. The van der Waals surface area contributed by atoms with Crippen molar-refractivity contribution in [2.75, 3.05) is 37.8 Å². The van der Waals surface area contributed by atoms with Crippen LogP contribution in [-0.4, -0.2) is 68.3 Å². The molecule has 1 saturated heterocycles. The van der Waals surface area contributed by atoms with E-state index in [9.17, 15) is 0 Å². The maximum atomic E-state index is 5.93. The molecule has 0 aliphatic carbocycles. The first kappa shape index (κ1) is 20.8. The third-order valence-electron chi connectivity index (χ3n) is 5.33. The summed E-state index contributed by atoms with van der Waals surface area (Å²) < 4.78 is 11.3. The molecule has 33 heavy (non-hydrogen) atoms. The van der Waals surface area contributed by atoms with E-state index < -0.39 is 0 Å². The van der Waals surface area contributed by atoms with Crippen molar-refractivity contribution in [3.8, 4) is 29.0 Å². The molecule has 0 radical (unpaired) electrons. The number of hydrogen-bond donors (Lipinski definition) is 1. The van der Waals surface area contributed by atoms with Crippen molar-refractivity contribution in [2.45, 2.75) is 12.5 Å². The normalized spacial score (nSPS) is 16.1. The first-order chi connectivity index (χ1) is 16.0. The van der Waals surface area contributed by atoms with E-state index in [1.54, 1.807) is 17.2 Å². The van der Waals surface area contributed by atoms with Gasteiger partial charge in [0.1, 0.15) is 6.10 Å². The number of rotatable bonds is 6. The largest absolute Gasteiger partial charge is 0.473 e. The molecule has 0 spiro atoms. The summed E-state index contributed by atoms with van der Waals surface area (Å²) in [5.74, 6) is 1.71. The van der Waals surface area contributed by atoms with Crippen molar-refractivity contribution >= 4 is 17.6 Å². The maximum absolute atomic E-state index is 5.93. The van der Waals surface area contributed by atoms with Gasteiger partial charge in [-0.3, -0.25) is 0 Å². The van der Waals surface area contributed by atoms with Crippen LogP contribution < -0.4 is 15.4 Å². The number of anilines is 3. The van der Waals surface area contributed by atoms with E-state index in [0.29, 0.717) is 23.3 Å². The van der Waals surface area contributed by atoms with Gasteiger partial charge in [-0.1, -0.05) is 23.4 Å². The Morgan fingerprint density at radius 2 is 1.91 bits per heavy atom. The SMILES string of the molecule is CN1CCC(Oc2ccc(-c3nc(-c4nc(N)nc(N(C)c5ccccc5)n4)no3)cn2)C1. The molecule has 3 aromatic heterocycles. The second-order valence-corrected chi connectivity index (χ2v) is 7.81. The fourth-order valence-electron chi connectivity index (χ4n) is 3.57. The van der Waals surface area contributed by atoms with E-state index in [1.165, 1.54) is 0 Å². The summed E-state index contributed by atoms with van der Waals surface area (Å²) in [6.07, 6.45) is 2.78.